The summed E-state index contributed by atoms with van der Waals surface area (Å²) in [5.41, 5.74) is 6.82. The Hall–Kier alpha value is -2.72. The Morgan fingerprint density at radius 2 is 1.97 bits per heavy atom. The molecule has 3 heterocycles. The first-order valence-corrected chi connectivity index (χ1v) is 11.7. The molecular formula is C24H30F3N5O2. The SMILES string of the molecule is Cc1c(NC[C@@H]2CCC[C@H](c3cccc(C(F)(F)F)c3)O2)ncnc1C(=O)N1CCC(N)CC1. The molecule has 1 amide bonds. The van der Waals surface area contributed by atoms with Crippen molar-refractivity contribution in [3.63, 3.8) is 0 Å². The van der Waals surface area contributed by atoms with Crippen molar-refractivity contribution in [3.05, 3.63) is 53.0 Å². The van der Waals surface area contributed by atoms with Gasteiger partial charge in [0.15, 0.2) is 0 Å². The monoisotopic (exact) mass is 477 g/mol. The lowest BCUT2D eigenvalue weighted by Gasteiger charge is -2.31. The lowest BCUT2D eigenvalue weighted by atomic mass is 9.97. The van der Waals surface area contributed by atoms with Crippen molar-refractivity contribution in [2.75, 3.05) is 25.0 Å². The second kappa shape index (κ2) is 10.3. The van der Waals surface area contributed by atoms with Gasteiger partial charge in [0.1, 0.15) is 17.8 Å². The number of ether oxygens (including phenoxy) is 1. The molecule has 2 atom stereocenters. The van der Waals surface area contributed by atoms with Gasteiger partial charge in [-0.2, -0.15) is 13.2 Å². The van der Waals surface area contributed by atoms with E-state index in [1.165, 1.54) is 18.5 Å². The van der Waals surface area contributed by atoms with Crippen LogP contribution < -0.4 is 11.1 Å². The average molecular weight is 478 g/mol. The number of halogens is 3. The summed E-state index contributed by atoms with van der Waals surface area (Å²) in [6.07, 6.45) is 0.241. The number of likely N-dealkylation sites (tertiary alicyclic amines) is 1. The Morgan fingerprint density at radius 1 is 1.21 bits per heavy atom. The molecule has 0 aliphatic carbocycles. The van der Waals surface area contributed by atoms with E-state index >= 15 is 0 Å². The van der Waals surface area contributed by atoms with Crippen LogP contribution in [0.4, 0.5) is 19.0 Å². The molecule has 0 bridgehead atoms. The minimum Gasteiger partial charge on any atom is -0.368 e. The molecule has 184 valence electrons. The maximum Gasteiger partial charge on any atom is 0.416 e. The number of hydrogen-bond donors (Lipinski definition) is 2. The van der Waals surface area contributed by atoms with E-state index in [0.717, 1.165) is 31.7 Å². The molecule has 0 radical (unpaired) electrons. The zero-order valence-electron chi connectivity index (χ0n) is 19.1. The highest BCUT2D eigenvalue weighted by Gasteiger charge is 2.32. The van der Waals surface area contributed by atoms with Gasteiger partial charge in [-0.25, -0.2) is 9.97 Å². The van der Waals surface area contributed by atoms with Crippen molar-refractivity contribution >= 4 is 11.7 Å². The Morgan fingerprint density at radius 3 is 2.71 bits per heavy atom. The van der Waals surface area contributed by atoms with Gasteiger partial charge in [0.25, 0.3) is 5.91 Å². The number of hydrogen-bond acceptors (Lipinski definition) is 6. The van der Waals surface area contributed by atoms with Crippen LogP contribution >= 0.6 is 0 Å². The normalized spacial score (nSPS) is 22.0. The number of rotatable bonds is 5. The molecular weight excluding hydrogens is 447 g/mol. The number of carbonyl (C=O) groups excluding carboxylic acids is 1. The van der Waals surface area contributed by atoms with E-state index in [1.54, 1.807) is 17.9 Å². The van der Waals surface area contributed by atoms with E-state index in [4.69, 9.17) is 10.5 Å². The predicted octanol–water partition coefficient (Wildman–Crippen LogP) is 4.09. The van der Waals surface area contributed by atoms with Gasteiger partial charge >= 0.3 is 6.18 Å². The zero-order chi connectivity index (χ0) is 24.3. The molecule has 2 aliphatic rings. The number of carbonyl (C=O) groups is 1. The van der Waals surface area contributed by atoms with Crippen LogP contribution in [-0.2, 0) is 10.9 Å². The molecule has 0 unspecified atom stereocenters. The zero-order valence-corrected chi connectivity index (χ0v) is 19.1. The van der Waals surface area contributed by atoms with Gasteiger partial charge in [0.05, 0.1) is 17.8 Å². The van der Waals surface area contributed by atoms with Gasteiger partial charge in [0.2, 0.25) is 0 Å². The Balaban J connectivity index is 1.39. The van der Waals surface area contributed by atoms with Crippen molar-refractivity contribution in [1.82, 2.24) is 14.9 Å². The number of alkyl halides is 3. The minimum atomic E-state index is -4.38. The van der Waals surface area contributed by atoms with Crippen LogP contribution in [0.3, 0.4) is 0 Å². The first-order valence-electron chi connectivity index (χ1n) is 11.7. The maximum atomic E-state index is 13.1. The highest BCUT2D eigenvalue weighted by Crippen LogP contribution is 2.35. The van der Waals surface area contributed by atoms with E-state index in [2.05, 4.69) is 15.3 Å². The summed E-state index contributed by atoms with van der Waals surface area (Å²) in [6.45, 7) is 3.45. The lowest BCUT2D eigenvalue weighted by Crippen LogP contribution is -2.43. The number of benzene rings is 1. The van der Waals surface area contributed by atoms with E-state index in [-0.39, 0.29) is 18.1 Å². The van der Waals surface area contributed by atoms with Crippen molar-refractivity contribution in [2.24, 2.45) is 5.73 Å². The summed E-state index contributed by atoms with van der Waals surface area (Å²) in [7, 11) is 0. The molecule has 1 aromatic heterocycles. The molecule has 3 N–H and O–H groups in total. The molecule has 2 saturated heterocycles. The highest BCUT2D eigenvalue weighted by atomic mass is 19.4. The molecule has 0 saturated carbocycles. The Bertz CT molecular complexity index is 1010. The predicted molar refractivity (Wildman–Crippen MR) is 121 cm³/mol. The van der Waals surface area contributed by atoms with Gasteiger partial charge in [0, 0.05) is 31.2 Å². The van der Waals surface area contributed by atoms with Crippen LogP contribution in [0, 0.1) is 6.92 Å². The van der Waals surface area contributed by atoms with Crippen LogP contribution in [0.1, 0.15) is 65.4 Å². The lowest BCUT2D eigenvalue weighted by molar-refractivity contribution is -0.137. The van der Waals surface area contributed by atoms with Gasteiger partial charge in [-0.05, 0) is 56.7 Å². The number of nitrogens with two attached hydrogens (primary N) is 1. The average Bonchev–Trinajstić information content (AvgIpc) is 2.83. The molecule has 2 aromatic rings. The minimum absolute atomic E-state index is 0.128. The topological polar surface area (TPSA) is 93.4 Å². The standard InChI is InChI=1S/C24H30F3N5O2/c1-15-21(23(33)32-10-8-18(28)9-11-32)30-14-31-22(15)29-13-19-6-3-7-20(34-19)16-4-2-5-17(12-16)24(25,26)27/h2,4-5,12,14,18-20H,3,6-11,13,28H2,1H3,(H,29,30,31)/t19-,20+/m0/s1. The molecule has 1 aromatic carbocycles. The van der Waals surface area contributed by atoms with Gasteiger partial charge in [-0.15, -0.1) is 0 Å². The van der Waals surface area contributed by atoms with Crippen LogP contribution in [0.5, 0.6) is 0 Å². The third-order valence-corrected chi connectivity index (χ3v) is 6.55. The van der Waals surface area contributed by atoms with E-state index in [9.17, 15) is 18.0 Å². The van der Waals surface area contributed by atoms with Crippen LogP contribution in [0.25, 0.3) is 0 Å². The Kier molecular flexibility index (Phi) is 7.37. The number of nitrogens with one attached hydrogen (secondary N) is 1. The molecule has 34 heavy (non-hydrogen) atoms. The number of aromatic nitrogens is 2. The van der Waals surface area contributed by atoms with Crippen molar-refractivity contribution in [1.29, 1.82) is 0 Å². The summed E-state index contributed by atoms with van der Waals surface area (Å²) >= 11 is 0. The van der Waals surface area contributed by atoms with Gasteiger partial charge in [-0.1, -0.05) is 12.1 Å². The largest absolute Gasteiger partial charge is 0.416 e. The number of piperidine rings is 1. The molecule has 2 fully saturated rings. The number of amides is 1. The summed E-state index contributed by atoms with van der Waals surface area (Å²) in [4.78, 5) is 23.2. The first kappa shape index (κ1) is 24.4. The van der Waals surface area contributed by atoms with Gasteiger partial charge < -0.3 is 20.7 Å². The molecule has 7 nitrogen and oxygen atoms in total. The molecule has 4 rings (SSSR count). The number of anilines is 1. The highest BCUT2D eigenvalue weighted by molar-refractivity contribution is 5.94. The smallest absolute Gasteiger partial charge is 0.368 e. The summed E-state index contributed by atoms with van der Waals surface area (Å²) in [5.74, 6) is 0.422. The van der Waals surface area contributed by atoms with Crippen molar-refractivity contribution < 1.29 is 22.7 Å². The summed E-state index contributed by atoms with van der Waals surface area (Å²) < 4.78 is 45.4. The second-order valence-electron chi connectivity index (χ2n) is 9.01. The van der Waals surface area contributed by atoms with E-state index in [1.807, 2.05) is 0 Å². The molecule has 10 heteroatoms. The van der Waals surface area contributed by atoms with Crippen LogP contribution in [-0.4, -0.2) is 52.6 Å². The first-order chi connectivity index (χ1) is 16.2. The fourth-order valence-corrected chi connectivity index (χ4v) is 4.52. The van der Waals surface area contributed by atoms with Crippen LogP contribution in [0.15, 0.2) is 30.6 Å². The maximum absolute atomic E-state index is 13.1. The third kappa shape index (κ3) is 5.67. The van der Waals surface area contributed by atoms with E-state index < -0.39 is 17.8 Å². The summed E-state index contributed by atoms with van der Waals surface area (Å²) in [5, 5.41) is 3.25. The van der Waals surface area contributed by atoms with Crippen LogP contribution in [0.2, 0.25) is 0 Å². The van der Waals surface area contributed by atoms with Crippen molar-refractivity contribution in [2.45, 2.75) is 63.5 Å². The molecule has 0 spiro atoms. The quantitative estimate of drug-likeness (QED) is 0.674. The van der Waals surface area contributed by atoms with Gasteiger partial charge in [-0.3, -0.25) is 4.79 Å². The molecule has 2 aliphatic heterocycles. The fourth-order valence-electron chi connectivity index (χ4n) is 4.52. The summed E-state index contributed by atoms with van der Waals surface area (Å²) in [6, 6.07) is 5.46. The third-order valence-electron chi connectivity index (χ3n) is 6.55. The van der Waals surface area contributed by atoms with E-state index in [0.29, 0.717) is 48.7 Å². The Labute approximate surface area is 196 Å². The fraction of sp³-hybridized carbons (Fsp3) is 0.542. The van der Waals surface area contributed by atoms with Crippen molar-refractivity contribution in [3.8, 4) is 0 Å². The number of nitrogens with zero attached hydrogens (tertiary/aromatic N) is 3. The second-order valence-corrected chi connectivity index (χ2v) is 9.01.